The van der Waals surface area contributed by atoms with Crippen molar-refractivity contribution in [3.8, 4) is 0 Å². The Labute approximate surface area is 68.1 Å². The lowest BCUT2D eigenvalue weighted by atomic mass is 10.3. The summed E-state index contributed by atoms with van der Waals surface area (Å²) >= 11 is 0. The summed E-state index contributed by atoms with van der Waals surface area (Å²) in [6.07, 6.45) is 0.989. The van der Waals surface area contributed by atoms with Gasteiger partial charge in [-0.1, -0.05) is 6.92 Å². The van der Waals surface area contributed by atoms with Gasteiger partial charge < -0.3 is 10.1 Å². The van der Waals surface area contributed by atoms with E-state index >= 15 is 0 Å². The van der Waals surface area contributed by atoms with Crippen LogP contribution in [0.5, 0.6) is 0 Å². The molecule has 11 heavy (non-hydrogen) atoms. The van der Waals surface area contributed by atoms with Gasteiger partial charge in [0.05, 0.1) is 6.10 Å². The highest BCUT2D eigenvalue weighted by molar-refractivity contribution is 5.72. The smallest absolute Gasteiger partial charge is 0.218 e. The molecule has 0 aromatic rings. The fourth-order valence-electron chi connectivity index (χ4n) is 0.765. The van der Waals surface area contributed by atoms with Gasteiger partial charge in [0.1, 0.15) is 6.23 Å². The van der Waals surface area contributed by atoms with Crippen LogP contribution in [-0.4, -0.2) is 18.2 Å². The molecule has 0 aliphatic heterocycles. The summed E-state index contributed by atoms with van der Waals surface area (Å²) in [5.74, 6) is -0.0548. The molecule has 0 fully saturated rings. The van der Waals surface area contributed by atoms with Crippen LogP contribution in [0.3, 0.4) is 0 Å². The maximum absolute atomic E-state index is 10.5. The summed E-state index contributed by atoms with van der Waals surface area (Å²) in [5.41, 5.74) is 0. The zero-order valence-corrected chi connectivity index (χ0v) is 7.68. The molecule has 2 atom stereocenters. The summed E-state index contributed by atoms with van der Waals surface area (Å²) in [6, 6.07) is 0. The molecule has 0 saturated heterocycles. The third-order valence-electron chi connectivity index (χ3n) is 1.42. The molecule has 1 N–H and O–H groups in total. The number of carbonyl (C=O) groups excluding carboxylic acids is 1. The van der Waals surface area contributed by atoms with E-state index < -0.39 is 0 Å². The summed E-state index contributed by atoms with van der Waals surface area (Å²) < 4.78 is 5.38. The fourth-order valence-corrected chi connectivity index (χ4v) is 0.765. The van der Waals surface area contributed by atoms with E-state index in [0.717, 1.165) is 6.42 Å². The first kappa shape index (κ1) is 10.4. The number of nitrogens with one attached hydrogen (secondary N) is 1. The average Bonchev–Trinajstić information content (AvgIpc) is 1.85. The van der Waals surface area contributed by atoms with Gasteiger partial charge in [-0.2, -0.15) is 0 Å². The van der Waals surface area contributed by atoms with Gasteiger partial charge in [0.2, 0.25) is 5.91 Å². The zero-order chi connectivity index (χ0) is 8.85. The lowest BCUT2D eigenvalue weighted by Gasteiger charge is -2.17. The number of rotatable bonds is 4. The molecule has 0 saturated carbocycles. The highest BCUT2D eigenvalue weighted by atomic mass is 16.5. The molecular weight excluding hydrogens is 142 g/mol. The van der Waals surface area contributed by atoms with Crippen LogP contribution in [0.2, 0.25) is 0 Å². The summed E-state index contributed by atoms with van der Waals surface area (Å²) in [5, 5.41) is 2.65. The standard InChI is InChI=1S/C8H17NO2/c1-5-6(2)11-8(4)9-7(3)10/h6,8H,5H2,1-4H3,(H,9,10). The largest absolute Gasteiger partial charge is 0.356 e. The van der Waals surface area contributed by atoms with Crippen LogP contribution in [0.4, 0.5) is 0 Å². The highest BCUT2D eigenvalue weighted by Gasteiger charge is 2.06. The Morgan fingerprint density at radius 1 is 1.55 bits per heavy atom. The number of ether oxygens (including phenoxy) is 1. The van der Waals surface area contributed by atoms with E-state index in [1.807, 2.05) is 20.8 Å². The van der Waals surface area contributed by atoms with Gasteiger partial charge in [-0.15, -0.1) is 0 Å². The minimum atomic E-state index is -0.178. The van der Waals surface area contributed by atoms with Gasteiger partial charge in [0.25, 0.3) is 0 Å². The Morgan fingerprint density at radius 2 is 2.09 bits per heavy atom. The molecule has 0 spiro atoms. The number of hydrogen-bond donors (Lipinski definition) is 1. The van der Waals surface area contributed by atoms with Gasteiger partial charge in [-0.25, -0.2) is 0 Å². The van der Waals surface area contributed by atoms with Crippen molar-refractivity contribution in [3.63, 3.8) is 0 Å². The van der Waals surface area contributed by atoms with Crippen molar-refractivity contribution in [3.05, 3.63) is 0 Å². The molecular formula is C8H17NO2. The quantitative estimate of drug-likeness (QED) is 0.627. The molecule has 0 aromatic heterocycles. The number of carbonyl (C=O) groups is 1. The molecule has 0 radical (unpaired) electrons. The summed E-state index contributed by atoms with van der Waals surface area (Å²) in [4.78, 5) is 10.5. The third-order valence-corrected chi connectivity index (χ3v) is 1.42. The third kappa shape index (κ3) is 5.85. The van der Waals surface area contributed by atoms with Gasteiger partial charge in [0, 0.05) is 6.92 Å². The molecule has 3 nitrogen and oxygen atoms in total. The second-order valence-corrected chi connectivity index (χ2v) is 2.70. The molecule has 66 valence electrons. The van der Waals surface area contributed by atoms with E-state index in [1.165, 1.54) is 6.92 Å². The second-order valence-electron chi connectivity index (χ2n) is 2.70. The molecule has 0 rings (SSSR count). The Balaban J connectivity index is 3.51. The summed E-state index contributed by atoms with van der Waals surface area (Å²) in [6.45, 7) is 7.34. The van der Waals surface area contributed by atoms with Crippen LogP contribution >= 0.6 is 0 Å². The predicted octanol–water partition coefficient (Wildman–Crippen LogP) is 1.28. The molecule has 3 heteroatoms. The number of hydrogen-bond acceptors (Lipinski definition) is 2. The first-order valence-corrected chi connectivity index (χ1v) is 3.98. The summed E-state index contributed by atoms with van der Waals surface area (Å²) in [7, 11) is 0. The lowest BCUT2D eigenvalue weighted by Crippen LogP contribution is -2.34. The second kappa shape index (κ2) is 5.13. The first-order valence-electron chi connectivity index (χ1n) is 3.98. The predicted molar refractivity (Wildman–Crippen MR) is 44.1 cm³/mol. The Morgan fingerprint density at radius 3 is 2.45 bits per heavy atom. The maximum atomic E-state index is 10.5. The van der Waals surface area contributed by atoms with Crippen LogP contribution in [0.25, 0.3) is 0 Å². The molecule has 0 aromatic carbocycles. The number of amides is 1. The normalized spacial score (nSPS) is 15.6. The van der Waals surface area contributed by atoms with Gasteiger partial charge in [-0.05, 0) is 20.3 Å². The van der Waals surface area contributed by atoms with Crippen LogP contribution in [-0.2, 0) is 9.53 Å². The van der Waals surface area contributed by atoms with E-state index in [2.05, 4.69) is 5.32 Å². The Kier molecular flexibility index (Phi) is 4.86. The molecule has 1 amide bonds. The van der Waals surface area contributed by atoms with Gasteiger partial charge in [-0.3, -0.25) is 4.79 Å². The first-order chi connectivity index (χ1) is 5.06. The van der Waals surface area contributed by atoms with E-state index in [4.69, 9.17) is 4.74 Å². The Hall–Kier alpha value is -0.570. The molecule has 2 unspecified atom stereocenters. The van der Waals surface area contributed by atoms with E-state index in [0.29, 0.717) is 0 Å². The van der Waals surface area contributed by atoms with E-state index in [9.17, 15) is 4.79 Å². The van der Waals surface area contributed by atoms with Crippen molar-refractivity contribution >= 4 is 5.91 Å². The van der Waals surface area contributed by atoms with Crippen molar-refractivity contribution in [2.75, 3.05) is 0 Å². The zero-order valence-electron chi connectivity index (χ0n) is 7.68. The van der Waals surface area contributed by atoms with Crippen LogP contribution in [0.1, 0.15) is 34.1 Å². The van der Waals surface area contributed by atoms with Crippen LogP contribution in [0.15, 0.2) is 0 Å². The topological polar surface area (TPSA) is 38.3 Å². The molecule has 0 aliphatic rings. The van der Waals surface area contributed by atoms with Crippen molar-refractivity contribution < 1.29 is 9.53 Å². The monoisotopic (exact) mass is 159 g/mol. The lowest BCUT2D eigenvalue weighted by molar-refractivity contribution is -0.124. The fraction of sp³-hybridized carbons (Fsp3) is 0.875. The van der Waals surface area contributed by atoms with Gasteiger partial charge >= 0.3 is 0 Å². The van der Waals surface area contributed by atoms with Crippen molar-refractivity contribution in [1.82, 2.24) is 5.32 Å². The van der Waals surface area contributed by atoms with E-state index in [1.54, 1.807) is 0 Å². The highest BCUT2D eigenvalue weighted by Crippen LogP contribution is 1.98. The minimum absolute atomic E-state index is 0.0548. The van der Waals surface area contributed by atoms with Crippen LogP contribution in [0, 0.1) is 0 Å². The van der Waals surface area contributed by atoms with Crippen molar-refractivity contribution in [2.24, 2.45) is 0 Å². The van der Waals surface area contributed by atoms with Crippen molar-refractivity contribution in [1.29, 1.82) is 0 Å². The molecule has 0 heterocycles. The van der Waals surface area contributed by atoms with Crippen molar-refractivity contribution in [2.45, 2.75) is 46.4 Å². The van der Waals surface area contributed by atoms with Crippen LogP contribution < -0.4 is 5.32 Å². The minimum Gasteiger partial charge on any atom is -0.356 e. The maximum Gasteiger partial charge on any atom is 0.218 e. The molecule has 0 bridgehead atoms. The molecule has 0 aliphatic carbocycles. The Bertz CT molecular complexity index is 125. The SMILES string of the molecule is CCC(C)OC(C)NC(C)=O. The van der Waals surface area contributed by atoms with Gasteiger partial charge in [0.15, 0.2) is 0 Å². The average molecular weight is 159 g/mol. The van der Waals surface area contributed by atoms with E-state index in [-0.39, 0.29) is 18.2 Å².